The topological polar surface area (TPSA) is 60.7 Å². The molecule has 3 N–H and O–H groups in total. The SMILES string of the molecule is CCCCC[C@@H](O)/C=C/[C@@H]1CC(O)CC1O. The molecule has 3 heteroatoms. The van der Waals surface area contributed by atoms with Crippen LogP contribution in [0.3, 0.4) is 0 Å². The number of aliphatic hydroxyl groups excluding tert-OH is 3. The molecule has 0 aromatic rings. The van der Waals surface area contributed by atoms with E-state index in [1.165, 1.54) is 0 Å². The molecule has 2 unspecified atom stereocenters. The first-order chi connectivity index (χ1) is 7.63. The Kier molecular flexibility index (Phi) is 6.03. The number of hydrogen-bond acceptors (Lipinski definition) is 3. The Bertz CT molecular complexity index is 215. The minimum Gasteiger partial charge on any atom is -0.393 e. The zero-order valence-corrected chi connectivity index (χ0v) is 10.0. The third kappa shape index (κ3) is 4.64. The summed E-state index contributed by atoms with van der Waals surface area (Å²) in [4.78, 5) is 0. The molecule has 16 heavy (non-hydrogen) atoms. The summed E-state index contributed by atoms with van der Waals surface area (Å²) < 4.78 is 0. The van der Waals surface area contributed by atoms with Gasteiger partial charge in [-0.25, -0.2) is 0 Å². The van der Waals surface area contributed by atoms with Gasteiger partial charge in [-0.2, -0.15) is 0 Å². The van der Waals surface area contributed by atoms with Crippen LogP contribution in [0.25, 0.3) is 0 Å². The minimum absolute atomic E-state index is 0.0100. The lowest BCUT2D eigenvalue weighted by Crippen LogP contribution is -2.11. The van der Waals surface area contributed by atoms with E-state index in [0.29, 0.717) is 12.8 Å². The molecular weight excluding hydrogens is 204 g/mol. The van der Waals surface area contributed by atoms with Gasteiger partial charge in [-0.3, -0.25) is 0 Å². The molecule has 0 spiro atoms. The molecule has 1 aliphatic carbocycles. The van der Waals surface area contributed by atoms with Crippen LogP contribution in [0.15, 0.2) is 12.2 Å². The summed E-state index contributed by atoms with van der Waals surface area (Å²) in [5.41, 5.74) is 0. The van der Waals surface area contributed by atoms with Crippen molar-refractivity contribution in [3.63, 3.8) is 0 Å². The standard InChI is InChI=1S/C13H24O3/c1-2-3-4-5-11(14)7-6-10-8-12(15)9-13(10)16/h6-7,10-16H,2-5,8-9H2,1H3/b7-6+/t10-,11-,12?,13?/m1/s1. The zero-order chi connectivity index (χ0) is 12.0. The van der Waals surface area contributed by atoms with Gasteiger partial charge < -0.3 is 15.3 Å². The van der Waals surface area contributed by atoms with Gasteiger partial charge >= 0.3 is 0 Å². The molecule has 0 radical (unpaired) electrons. The fourth-order valence-corrected chi connectivity index (χ4v) is 2.20. The van der Waals surface area contributed by atoms with Crippen molar-refractivity contribution in [1.82, 2.24) is 0 Å². The molecule has 1 fully saturated rings. The van der Waals surface area contributed by atoms with Crippen molar-refractivity contribution in [1.29, 1.82) is 0 Å². The van der Waals surface area contributed by atoms with E-state index < -0.39 is 12.2 Å². The highest BCUT2D eigenvalue weighted by Crippen LogP contribution is 2.27. The summed E-state index contributed by atoms with van der Waals surface area (Å²) in [6, 6.07) is 0. The van der Waals surface area contributed by atoms with Crippen molar-refractivity contribution >= 4 is 0 Å². The van der Waals surface area contributed by atoms with Crippen LogP contribution in [0, 0.1) is 5.92 Å². The Labute approximate surface area is 97.8 Å². The molecule has 0 aromatic carbocycles. The van der Waals surface area contributed by atoms with Crippen molar-refractivity contribution in [3.05, 3.63) is 12.2 Å². The van der Waals surface area contributed by atoms with E-state index in [4.69, 9.17) is 0 Å². The normalized spacial score (nSPS) is 32.4. The predicted octanol–water partition coefficient (Wildman–Crippen LogP) is 1.62. The largest absolute Gasteiger partial charge is 0.393 e. The second-order valence-corrected chi connectivity index (χ2v) is 4.80. The maximum Gasteiger partial charge on any atom is 0.0721 e. The quantitative estimate of drug-likeness (QED) is 0.478. The van der Waals surface area contributed by atoms with Gasteiger partial charge in [-0.1, -0.05) is 38.3 Å². The molecule has 1 aliphatic rings. The molecule has 0 bridgehead atoms. The Morgan fingerprint density at radius 3 is 2.56 bits per heavy atom. The Balaban J connectivity index is 2.24. The predicted molar refractivity (Wildman–Crippen MR) is 64.0 cm³/mol. The van der Waals surface area contributed by atoms with E-state index in [0.717, 1.165) is 25.7 Å². The second-order valence-electron chi connectivity index (χ2n) is 4.80. The molecule has 0 amide bonds. The fourth-order valence-electron chi connectivity index (χ4n) is 2.20. The summed E-state index contributed by atoms with van der Waals surface area (Å²) in [6.07, 6.45) is 7.58. The number of rotatable bonds is 6. The summed E-state index contributed by atoms with van der Waals surface area (Å²) in [5.74, 6) is 0.0100. The van der Waals surface area contributed by atoms with Crippen LogP contribution in [0.1, 0.15) is 45.4 Å². The Morgan fingerprint density at radius 2 is 2.00 bits per heavy atom. The van der Waals surface area contributed by atoms with Gasteiger partial charge in [0.2, 0.25) is 0 Å². The maximum absolute atomic E-state index is 9.66. The van der Waals surface area contributed by atoms with Crippen LogP contribution in [0.5, 0.6) is 0 Å². The first-order valence-corrected chi connectivity index (χ1v) is 6.36. The summed E-state index contributed by atoms with van der Waals surface area (Å²) in [5, 5.41) is 28.6. The molecule has 94 valence electrons. The molecule has 0 aromatic heterocycles. The highest BCUT2D eigenvalue weighted by molar-refractivity contribution is 5.00. The summed E-state index contributed by atoms with van der Waals surface area (Å²) in [6.45, 7) is 2.14. The first kappa shape index (κ1) is 13.7. The number of aliphatic hydroxyl groups is 3. The van der Waals surface area contributed by atoms with Crippen molar-refractivity contribution in [2.24, 2.45) is 5.92 Å². The van der Waals surface area contributed by atoms with Crippen molar-refractivity contribution < 1.29 is 15.3 Å². The summed E-state index contributed by atoms with van der Waals surface area (Å²) in [7, 11) is 0. The molecule has 0 heterocycles. The molecule has 0 aliphatic heterocycles. The average Bonchev–Trinajstić information content (AvgIpc) is 2.55. The maximum atomic E-state index is 9.66. The van der Waals surface area contributed by atoms with Crippen LogP contribution < -0.4 is 0 Å². The van der Waals surface area contributed by atoms with Crippen LogP contribution in [0.4, 0.5) is 0 Å². The van der Waals surface area contributed by atoms with Crippen LogP contribution in [-0.4, -0.2) is 33.6 Å². The van der Waals surface area contributed by atoms with Crippen LogP contribution in [-0.2, 0) is 0 Å². The van der Waals surface area contributed by atoms with Gasteiger partial charge in [0.15, 0.2) is 0 Å². The lowest BCUT2D eigenvalue weighted by atomic mass is 10.0. The van der Waals surface area contributed by atoms with E-state index >= 15 is 0 Å². The molecule has 3 nitrogen and oxygen atoms in total. The molecule has 0 saturated heterocycles. The average molecular weight is 228 g/mol. The van der Waals surface area contributed by atoms with Gasteiger partial charge in [0.05, 0.1) is 18.3 Å². The van der Waals surface area contributed by atoms with E-state index in [9.17, 15) is 15.3 Å². The van der Waals surface area contributed by atoms with E-state index in [2.05, 4.69) is 6.92 Å². The first-order valence-electron chi connectivity index (χ1n) is 6.36. The van der Waals surface area contributed by atoms with Gasteiger partial charge in [-0.15, -0.1) is 0 Å². The smallest absolute Gasteiger partial charge is 0.0721 e. The lowest BCUT2D eigenvalue weighted by molar-refractivity contribution is 0.128. The van der Waals surface area contributed by atoms with Crippen LogP contribution in [0.2, 0.25) is 0 Å². The van der Waals surface area contributed by atoms with Crippen molar-refractivity contribution in [3.8, 4) is 0 Å². The second kappa shape index (κ2) is 7.05. The van der Waals surface area contributed by atoms with Crippen LogP contribution >= 0.6 is 0 Å². The Morgan fingerprint density at radius 1 is 1.25 bits per heavy atom. The van der Waals surface area contributed by atoms with E-state index in [-0.39, 0.29) is 12.0 Å². The minimum atomic E-state index is -0.450. The van der Waals surface area contributed by atoms with Gasteiger partial charge in [0.1, 0.15) is 0 Å². The molecule has 4 atom stereocenters. The summed E-state index contributed by atoms with van der Waals surface area (Å²) >= 11 is 0. The Hall–Kier alpha value is -0.380. The number of hydrogen-bond donors (Lipinski definition) is 3. The zero-order valence-electron chi connectivity index (χ0n) is 10.0. The van der Waals surface area contributed by atoms with Gasteiger partial charge in [-0.05, 0) is 19.3 Å². The third-order valence-corrected chi connectivity index (χ3v) is 3.24. The van der Waals surface area contributed by atoms with E-state index in [1.807, 2.05) is 6.08 Å². The van der Waals surface area contributed by atoms with Gasteiger partial charge in [0.25, 0.3) is 0 Å². The van der Waals surface area contributed by atoms with Crippen molar-refractivity contribution in [2.45, 2.75) is 63.8 Å². The fraction of sp³-hybridized carbons (Fsp3) is 0.846. The molecule has 1 rings (SSSR count). The monoisotopic (exact) mass is 228 g/mol. The highest BCUT2D eigenvalue weighted by Gasteiger charge is 2.29. The highest BCUT2D eigenvalue weighted by atomic mass is 16.3. The van der Waals surface area contributed by atoms with Gasteiger partial charge in [0, 0.05) is 5.92 Å². The van der Waals surface area contributed by atoms with E-state index in [1.54, 1.807) is 6.08 Å². The number of unbranched alkanes of at least 4 members (excludes halogenated alkanes) is 2. The molecular formula is C13H24O3. The third-order valence-electron chi connectivity index (χ3n) is 3.24. The van der Waals surface area contributed by atoms with Crippen molar-refractivity contribution in [2.75, 3.05) is 0 Å². The lowest BCUT2D eigenvalue weighted by Gasteiger charge is -2.10. The molecule has 1 saturated carbocycles.